The zero-order valence-corrected chi connectivity index (χ0v) is 11.8. The van der Waals surface area contributed by atoms with E-state index in [4.69, 9.17) is 4.74 Å². The van der Waals surface area contributed by atoms with E-state index < -0.39 is 0 Å². The summed E-state index contributed by atoms with van der Waals surface area (Å²) in [4.78, 5) is 7.77. The highest BCUT2D eigenvalue weighted by Crippen LogP contribution is 2.46. The Balaban J connectivity index is 1.71. The summed E-state index contributed by atoms with van der Waals surface area (Å²) in [5.41, 5.74) is 0.210. The third-order valence-corrected chi connectivity index (χ3v) is 4.70. The van der Waals surface area contributed by atoms with Crippen molar-refractivity contribution in [2.45, 2.75) is 57.1 Å². The van der Waals surface area contributed by atoms with E-state index in [0.717, 1.165) is 31.8 Å². The number of H-pyrrole nitrogens is 1. The molecule has 2 aliphatic rings. The lowest BCUT2D eigenvalue weighted by Gasteiger charge is -2.48. The number of rotatable bonds is 5. The Labute approximate surface area is 115 Å². The molecule has 1 aliphatic carbocycles. The van der Waals surface area contributed by atoms with E-state index in [1.54, 1.807) is 0 Å². The van der Waals surface area contributed by atoms with Gasteiger partial charge in [0.15, 0.2) is 0 Å². The maximum atomic E-state index is 6.05. The highest BCUT2D eigenvalue weighted by atomic mass is 16.5. The van der Waals surface area contributed by atoms with Gasteiger partial charge >= 0.3 is 0 Å². The van der Waals surface area contributed by atoms with Gasteiger partial charge in [-0.05, 0) is 51.0 Å². The van der Waals surface area contributed by atoms with Gasteiger partial charge in [-0.1, -0.05) is 6.92 Å². The summed E-state index contributed by atoms with van der Waals surface area (Å²) in [7, 11) is 0. The Morgan fingerprint density at radius 3 is 3.11 bits per heavy atom. The summed E-state index contributed by atoms with van der Waals surface area (Å²) in [6.45, 7) is 4.18. The second-order valence-corrected chi connectivity index (χ2v) is 6.04. The molecule has 4 heteroatoms. The number of aromatic nitrogens is 2. The van der Waals surface area contributed by atoms with Crippen LogP contribution < -0.4 is 5.32 Å². The first-order valence-corrected chi connectivity index (χ1v) is 7.70. The minimum absolute atomic E-state index is 0.210. The number of ether oxygens (including phenoxy) is 1. The lowest BCUT2D eigenvalue weighted by Crippen LogP contribution is -2.48. The zero-order chi connectivity index (χ0) is 13.1. The maximum absolute atomic E-state index is 6.05. The van der Waals surface area contributed by atoms with Gasteiger partial charge in [0, 0.05) is 19.0 Å². The van der Waals surface area contributed by atoms with E-state index in [9.17, 15) is 0 Å². The quantitative estimate of drug-likeness (QED) is 0.859. The van der Waals surface area contributed by atoms with E-state index in [-0.39, 0.29) is 5.60 Å². The topological polar surface area (TPSA) is 49.9 Å². The largest absolute Gasteiger partial charge is 0.375 e. The van der Waals surface area contributed by atoms with Gasteiger partial charge in [0.1, 0.15) is 5.82 Å². The van der Waals surface area contributed by atoms with Crippen molar-refractivity contribution in [2.75, 3.05) is 13.2 Å². The van der Waals surface area contributed by atoms with Crippen molar-refractivity contribution in [3.05, 3.63) is 18.2 Å². The number of hydrogen-bond donors (Lipinski definition) is 2. The Kier molecular flexibility index (Phi) is 3.89. The Morgan fingerprint density at radius 2 is 2.47 bits per heavy atom. The van der Waals surface area contributed by atoms with Crippen molar-refractivity contribution in [3.8, 4) is 0 Å². The summed E-state index contributed by atoms with van der Waals surface area (Å²) in [6.07, 6.45) is 11.1. The van der Waals surface area contributed by atoms with Gasteiger partial charge in [0.05, 0.1) is 11.6 Å². The minimum Gasteiger partial charge on any atom is -0.375 e. The molecule has 1 aromatic rings. The van der Waals surface area contributed by atoms with Crippen molar-refractivity contribution in [2.24, 2.45) is 5.92 Å². The van der Waals surface area contributed by atoms with E-state index in [1.165, 1.54) is 25.7 Å². The van der Waals surface area contributed by atoms with E-state index in [0.29, 0.717) is 12.0 Å². The fraction of sp³-hybridized carbons (Fsp3) is 0.800. The molecule has 1 saturated carbocycles. The molecule has 1 aromatic heterocycles. The highest BCUT2D eigenvalue weighted by molar-refractivity contribution is 5.03. The summed E-state index contributed by atoms with van der Waals surface area (Å²) in [5, 5.41) is 3.68. The van der Waals surface area contributed by atoms with Gasteiger partial charge in [0.25, 0.3) is 0 Å². The first kappa shape index (κ1) is 13.1. The molecular formula is C15H25N3O. The van der Waals surface area contributed by atoms with Gasteiger partial charge in [-0.15, -0.1) is 0 Å². The van der Waals surface area contributed by atoms with Crippen LogP contribution >= 0.6 is 0 Å². The molecule has 2 fully saturated rings. The van der Waals surface area contributed by atoms with E-state index in [2.05, 4.69) is 22.2 Å². The molecule has 2 heterocycles. The molecule has 2 atom stereocenters. The molecule has 0 radical (unpaired) electrons. The molecule has 4 nitrogen and oxygen atoms in total. The lowest BCUT2D eigenvalue weighted by atomic mass is 9.70. The first-order chi connectivity index (χ1) is 9.33. The molecule has 0 aromatic carbocycles. The van der Waals surface area contributed by atoms with Crippen LogP contribution in [0.15, 0.2) is 12.4 Å². The van der Waals surface area contributed by atoms with Crippen LogP contribution in [0.5, 0.6) is 0 Å². The predicted octanol–water partition coefficient (Wildman–Crippen LogP) is 2.80. The molecular weight excluding hydrogens is 238 g/mol. The third kappa shape index (κ3) is 2.70. The normalized spacial score (nSPS) is 27.1. The Morgan fingerprint density at radius 1 is 1.58 bits per heavy atom. The van der Waals surface area contributed by atoms with Crippen LogP contribution in [-0.4, -0.2) is 28.7 Å². The molecule has 2 unspecified atom stereocenters. The smallest absolute Gasteiger partial charge is 0.123 e. The molecule has 19 heavy (non-hydrogen) atoms. The van der Waals surface area contributed by atoms with Gasteiger partial charge in [-0.2, -0.15) is 0 Å². The van der Waals surface area contributed by atoms with Crippen LogP contribution in [0.3, 0.4) is 0 Å². The van der Waals surface area contributed by atoms with Crippen molar-refractivity contribution >= 4 is 0 Å². The van der Waals surface area contributed by atoms with Crippen molar-refractivity contribution in [3.63, 3.8) is 0 Å². The number of aromatic amines is 1. The van der Waals surface area contributed by atoms with Crippen LogP contribution in [0.2, 0.25) is 0 Å². The highest BCUT2D eigenvalue weighted by Gasteiger charge is 2.44. The number of nitrogens with zero attached hydrogens (tertiary/aromatic N) is 1. The summed E-state index contributed by atoms with van der Waals surface area (Å²) in [6, 6.07) is 0.358. The van der Waals surface area contributed by atoms with Crippen LogP contribution in [0.4, 0.5) is 0 Å². The summed E-state index contributed by atoms with van der Waals surface area (Å²) >= 11 is 0. The maximum Gasteiger partial charge on any atom is 0.123 e. The average Bonchev–Trinajstić information content (AvgIpc) is 2.92. The van der Waals surface area contributed by atoms with Crippen LogP contribution in [0, 0.1) is 5.92 Å². The number of imidazole rings is 1. The summed E-state index contributed by atoms with van der Waals surface area (Å²) < 4.78 is 6.05. The van der Waals surface area contributed by atoms with Crippen molar-refractivity contribution < 1.29 is 4.74 Å². The second kappa shape index (κ2) is 5.63. The molecule has 106 valence electrons. The standard InChI is InChI=1S/C15H25N3O/c1-2-7-16-13(14-17-8-9-18-14)12-4-10-19-15(11-12)5-3-6-15/h8-9,12-13,16H,2-7,10-11H2,1H3,(H,17,18). The Bertz CT molecular complexity index is 386. The van der Waals surface area contributed by atoms with Crippen molar-refractivity contribution in [1.29, 1.82) is 0 Å². The predicted molar refractivity (Wildman–Crippen MR) is 74.9 cm³/mol. The number of hydrogen-bond acceptors (Lipinski definition) is 3. The molecule has 3 rings (SSSR count). The van der Waals surface area contributed by atoms with Crippen LogP contribution in [0.25, 0.3) is 0 Å². The molecule has 1 aliphatic heterocycles. The first-order valence-electron chi connectivity index (χ1n) is 7.70. The van der Waals surface area contributed by atoms with Gasteiger partial charge in [0.2, 0.25) is 0 Å². The lowest BCUT2D eigenvalue weighted by molar-refractivity contribution is -0.147. The average molecular weight is 263 g/mol. The van der Waals surface area contributed by atoms with Crippen LogP contribution in [-0.2, 0) is 4.74 Å². The fourth-order valence-electron chi connectivity index (χ4n) is 3.50. The van der Waals surface area contributed by atoms with Crippen molar-refractivity contribution in [1.82, 2.24) is 15.3 Å². The molecule has 0 amide bonds. The van der Waals surface area contributed by atoms with E-state index >= 15 is 0 Å². The molecule has 0 bridgehead atoms. The third-order valence-electron chi connectivity index (χ3n) is 4.70. The van der Waals surface area contributed by atoms with Gasteiger partial charge in [-0.25, -0.2) is 4.98 Å². The minimum atomic E-state index is 0.210. The van der Waals surface area contributed by atoms with Gasteiger partial charge in [-0.3, -0.25) is 0 Å². The zero-order valence-electron chi connectivity index (χ0n) is 11.8. The monoisotopic (exact) mass is 263 g/mol. The molecule has 2 N–H and O–H groups in total. The SMILES string of the molecule is CCCNC(c1ncc[nH]1)C1CCOC2(CCC2)C1. The second-order valence-electron chi connectivity index (χ2n) is 6.04. The summed E-state index contributed by atoms with van der Waals surface area (Å²) in [5.74, 6) is 1.74. The fourth-order valence-corrected chi connectivity index (χ4v) is 3.50. The Hall–Kier alpha value is -0.870. The van der Waals surface area contributed by atoms with Gasteiger partial charge < -0.3 is 15.0 Å². The molecule has 1 saturated heterocycles. The van der Waals surface area contributed by atoms with E-state index in [1.807, 2.05) is 12.4 Å². The molecule has 1 spiro atoms. The van der Waals surface area contributed by atoms with Crippen LogP contribution in [0.1, 0.15) is 57.3 Å². The number of nitrogens with one attached hydrogen (secondary N) is 2.